The topological polar surface area (TPSA) is 56.8 Å². The lowest BCUT2D eigenvalue weighted by Gasteiger charge is -2.36. The zero-order valence-corrected chi connectivity index (χ0v) is 14.3. The van der Waals surface area contributed by atoms with Crippen LogP contribution in [0.4, 0.5) is 5.95 Å². The van der Waals surface area contributed by atoms with E-state index in [1.165, 1.54) is 18.4 Å². The lowest BCUT2D eigenvalue weighted by atomic mass is 9.92. The number of aromatic amines is 1. The third-order valence-electron chi connectivity index (χ3n) is 4.50. The number of aryl methyl sites for hydroxylation is 1. The molecule has 2 aromatic rings. The van der Waals surface area contributed by atoms with Crippen molar-refractivity contribution in [3.05, 3.63) is 15.4 Å². The lowest BCUT2D eigenvalue weighted by molar-refractivity contribution is 0.381. The lowest BCUT2D eigenvalue weighted by Crippen LogP contribution is -2.45. The van der Waals surface area contributed by atoms with Gasteiger partial charge in [-0.15, -0.1) is 16.4 Å². The predicted molar refractivity (Wildman–Crippen MR) is 88.9 cm³/mol. The molecule has 2 saturated heterocycles. The molecule has 0 aromatic carbocycles. The van der Waals surface area contributed by atoms with Gasteiger partial charge in [0.1, 0.15) is 0 Å². The molecule has 21 heavy (non-hydrogen) atoms. The number of hydrogen-bond donors (Lipinski definition) is 2. The van der Waals surface area contributed by atoms with E-state index in [0.29, 0.717) is 6.04 Å². The molecule has 4 rings (SSSR count). The van der Waals surface area contributed by atoms with Gasteiger partial charge in [0, 0.05) is 25.7 Å². The quantitative estimate of drug-likeness (QED) is 0.856. The van der Waals surface area contributed by atoms with Gasteiger partial charge < -0.3 is 10.2 Å². The Hall–Kier alpha value is -0.920. The second kappa shape index (κ2) is 5.37. The molecular weight excluding hydrogens is 350 g/mol. The fraction of sp³-hybridized carbons (Fsp3) is 0.571. The van der Waals surface area contributed by atoms with Gasteiger partial charge in [0.25, 0.3) is 0 Å². The molecule has 4 heterocycles. The highest BCUT2D eigenvalue weighted by molar-refractivity contribution is 9.11. The van der Waals surface area contributed by atoms with Gasteiger partial charge in [-0.25, -0.2) is 0 Å². The number of nitrogens with zero attached hydrogens (tertiary/aromatic N) is 3. The Bertz CT molecular complexity index is 632. The second-order valence-electron chi connectivity index (χ2n) is 5.87. The number of rotatable bonds is 2. The van der Waals surface area contributed by atoms with Crippen molar-refractivity contribution < 1.29 is 0 Å². The maximum atomic E-state index is 4.74. The molecule has 0 radical (unpaired) electrons. The smallest absolute Gasteiger partial charge is 0.245 e. The summed E-state index contributed by atoms with van der Waals surface area (Å²) in [5.74, 6) is 2.47. The summed E-state index contributed by atoms with van der Waals surface area (Å²) in [4.78, 5) is 8.25. The van der Waals surface area contributed by atoms with Crippen molar-refractivity contribution >= 4 is 33.2 Å². The third kappa shape index (κ3) is 2.41. The fourth-order valence-electron chi connectivity index (χ4n) is 3.38. The molecule has 2 aliphatic rings. The molecular formula is C14H18BrN5S. The zero-order chi connectivity index (χ0) is 14.4. The second-order valence-corrected chi connectivity index (χ2v) is 8.24. The van der Waals surface area contributed by atoms with Crippen molar-refractivity contribution in [2.45, 2.75) is 25.8 Å². The number of aromatic nitrogens is 3. The van der Waals surface area contributed by atoms with Gasteiger partial charge in [0.2, 0.25) is 5.95 Å². The SMILES string of the molecule is Cc1cc(-c2nc(N3CCCC4CNCC43)n[nH]2)sc1Br. The maximum absolute atomic E-state index is 4.74. The summed E-state index contributed by atoms with van der Waals surface area (Å²) in [5.41, 5.74) is 1.24. The van der Waals surface area contributed by atoms with Crippen molar-refractivity contribution in [3.8, 4) is 10.7 Å². The summed E-state index contributed by atoms with van der Waals surface area (Å²) in [7, 11) is 0. The van der Waals surface area contributed by atoms with Crippen LogP contribution in [0.1, 0.15) is 18.4 Å². The van der Waals surface area contributed by atoms with Crippen molar-refractivity contribution in [2.24, 2.45) is 5.92 Å². The average Bonchev–Trinajstić information content (AvgIpc) is 3.19. The number of piperidine rings is 1. The Morgan fingerprint density at radius 1 is 1.43 bits per heavy atom. The minimum Gasteiger partial charge on any atom is -0.335 e. The normalized spacial score (nSPS) is 25.3. The van der Waals surface area contributed by atoms with Crippen LogP contribution in [0.15, 0.2) is 9.85 Å². The molecule has 0 spiro atoms. The van der Waals surface area contributed by atoms with E-state index >= 15 is 0 Å². The van der Waals surface area contributed by atoms with Gasteiger partial charge in [-0.2, -0.15) is 4.98 Å². The fourth-order valence-corrected chi connectivity index (χ4v) is 4.86. The molecule has 2 unspecified atom stereocenters. The largest absolute Gasteiger partial charge is 0.335 e. The van der Waals surface area contributed by atoms with Crippen molar-refractivity contribution in [1.82, 2.24) is 20.5 Å². The van der Waals surface area contributed by atoms with Gasteiger partial charge in [0.15, 0.2) is 5.82 Å². The van der Waals surface area contributed by atoms with Crippen LogP contribution >= 0.6 is 27.3 Å². The minimum atomic E-state index is 0.555. The van der Waals surface area contributed by atoms with Crippen LogP contribution in [-0.4, -0.2) is 40.9 Å². The first-order valence-electron chi connectivity index (χ1n) is 7.38. The molecule has 0 aliphatic carbocycles. The molecule has 7 heteroatoms. The Balaban J connectivity index is 1.61. The first-order valence-corrected chi connectivity index (χ1v) is 8.99. The standard InChI is InChI=1S/C14H18BrN5S/c1-8-5-11(21-12(8)15)13-17-14(19-18-13)20-4-2-3-9-6-16-7-10(9)20/h5,9-10,16H,2-4,6-7H2,1H3,(H,17,18,19). The van der Waals surface area contributed by atoms with E-state index in [9.17, 15) is 0 Å². The van der Waals surface area contributed by atoms with Gasteiger partial charge in [0.05, 0.1) is 8.66 Å². The van der Waals surface area contributed by atoms with Crippen LogP contribution < -0.4 is 10.2 Å². The van der Waals surface area contributed by atoms with E-state index < -0.39 is 0 Å². The molecule has 2 fully saturated rings. The highest BCUT2D eigenvalue weighted by Crippen LogP contribution is 2.34. The summed E-state index contributed by atoms with van der Waals surface area (Å²) in [6, 6.07) is 2.70. The molecule has 0 amide bonds. The third-order valence-corrected chi connectivity index (χ3v) is 6.64. The molecule has 2 atom stereocenters. The Morgan fingerprint density at radius 2 is 2.33 bits per heavy atom. The highest BCUT2D eigenvalue weighted by atomic mass is 79.9. The Labute approximate surface area is 136 Å². The summed E-state index contributed by atoms with van der Waals surface area (Å²) < 4.78 is 1.16. The van der Waals surface area contributed by atoms with Crippen molar-refractivity contribution in [2.75, 3.05) is 24.5 Å². The summed E-state index contributed by atoms with van der Waals surface area (Å²) in [6.07, 6.45) is 2.55. The van der Waals surface area contributed by atoms with Crippen LogP contribution in [0.2, 0.25) is 0 Å². The van der Waals surface area contributed by atoms with Crippen molar-refractivity contribution in [3.63, 3.8) is 0 Å². The molecule has 2 N–H and O–H groups in total. The molecule has 2 aromatic heterocycles. The minimum absolute atomic E-state index is 0.555. The average molecular weight is 368 g/mol. The number of H-pyrrole nitrogens is 1. The van der Waals surface area contributed by atoms with Gasteiger partial charge in [-0.1, -0.05) is 0 Å². The Morgan fingerprint density at radius 3 is 3.14 bits per heavy atom. The summed E-state index contributed by atoms with van der Waals surface area (Å²) >= 11 is 5.27. The van der Waals surface area contributed by atoms with E-state index in [-0.39, 0.29) is 0 Å². The molecule has 2 aliphatic heterocycles. The zero-order valence-electron chi connectivity index (χ0n) is 11.9. The van der Waals surface area contributed by atoms with Crippen LogP contribution in [0.3, 0.4) is 0 Å². The van der Waals surface area contributed by atoms with E-state index in [0.717, 1.165) is 46.0 Å². The molecule has 0 bridgehead atoms. The van der Waals surface area contributed by atoms with Crippen LogP contribution in [0, 0.1) is 12.8 Å². The summed E-state index contributed by atoms with van der Waals surface area (Å²) in [5, 5.41) is 11.1. The number of halogens is 1. The first kappa shape index (κ1) is 13.7. The van der Waals surface area contributed by atoms with E-state index in [2.05, 4.69) is 49.3 Å². The van der Waals surface area contributed by atoms with Gasteiger partial charge in [-0.3, -0.25) is 5.10 Å². The monoisotopic (exact) mass is 367 g/mol. The molecule has 112 valence electrons. The number of anilines is 1. The Kier molecular flexibility index (Phi) is 3.51. The van der Waals surface area contributed by atoms with E-state index in [1.54, 1.807) is 11.3 Å². The van der Waals surface area contributed by atoms with E-state index in [1.807, 2.05) is 0 Å². The van der Waals surface area contributed by atoms with Crippen LogP contribution in [0.25, 0.3) is 10.7 Å². The number of hydrogen-bond acceptors (Lipinski definition) is 5. The maximum Gasteiger partial charge on any atom is 0.245 e. The number of fused-ring (bicyclic) bond motifs is 1. The predicted octanol–water partition coefficient (Wildman–Crippen LogP) is 2.79. The molecule has 5 nitrogen and oxygen atoms in total. The number of nitrogens with one attached hydrogen (secondary N) is 2. The van der Waals surface area contributed by atoms with Crippen molar-refractivity contribution in [1.29, 1.82) is 0 Å². The van der Waals surface area contributed by atoms with E-state index in [4.69, 9.17) is 4.98 Å². The molecule has 0 saturated carbocycles. The highest BCUT2D eigenvalue weighted by Gasteiger charge is 2.36. The summed E-state index contributed by atoms with van der Waals surface area (Å²) in [6.45, 7) is 5.35. The van der Waals surface area contributed by atoms with Crippen LogP contribution in [-0.2, 0) is 0 Å². The number of thiophene rings is 1. The first-order chi connectivity index (χ1) is 10.2. The van der Waals surface area contributed by atoms with Crippen LogP contribution in [0.5, 0.6) is 0 Å². The van der Waals surface area contributed by atoms with Gasteiger partial charge >= 0.3 is 0 Å². The van der Waals surface area contributed by atoms with Gasteiger partial charge in [-0.05, 0) is 53.2 Å².